The van der Waals surface area contributed by atoms with Crippen LogP contribution in [0, 0.1) is 0 Å². The van der Waals surface area contributed by atoms with E-state index in [0.29, 0.717) is 19.4 Å². The third-order valence-corrected chi connectivity index (χ3v) is 13.5. The van der Waals surface area contributed by atoms with Gasteiger partial charge in [-0.05, 0) is 83.5 Å². The smallest absolute Gasteiger partial charge is 0.305 e. The first kappa shape index (κ1) is 65.8. The number of nitrogens with one attached hydrogen (secondary N) is 1. The Balaban J connectivity index is 3.38. The van der Waals surface area contributed by atoms with Gasteiger partial charge in [0.1, 0.15) is 0 Å². The van der Waals surface area contributed by atoms with Gasteiger partial charge in [-0.2, -0.15) is 0 Å². The second kappa shape index (κ2) is 57.4. The number of esters is 1. The van der Waals surface area contributed by atoms with Crippen LogP contribution < -0.4 is 5.32 Å². The van der Waals surface area contributed by atoms with Gasteiger partial charge in [0.2, 0.25) is 5.91 Å². The Labute approximate surface area is 423 Å². The third kappa shape index (κ3) is 53.2. The number of allylic oxidation sites excluding steroid dienone is 7. The van der Waals surface area contributed by atoms with Crippen LogP contribution in [0.25, 0.3) is 0 Å². The zero-order valence-corrected chi connectivity index (χ0v) is 45.3. The van der Waals surface area contributed by atoms with Crippen molar-refractivity contribution in [1.82, 2.24) is 5.32 Å². The molecule has 0 saturated carbocycles. The summed E-state index contributed by atoms with van der Waals surface area (Å²) >= 11 is 0. The summed E-state index contributed by atoms with van der Waals surface area (Å²) in [6, 6.07) is -0.626. The van der Waals surface area contributed by atoms with E-state index in [9.17, 15) is 19.8 Å². The fourth-order valence-electron chi connectivity index (χ4n) is 8.96. The van der Waals surface area contributed by atoms with Crippen molar-refractivity contribution in [2.45, 2.75) is 321 Å². The molecule has 398 valence electrons. The number of carbonyl (C=O) groups is 2. The molecule has 0 spiro atoms. The van der Waals surface area contributed by atoms with Crippen LogP contribution in [-0.2, 0) is 14.3 Å². The Morgan fingerprint density at radius 3 is 1.19 bits per heavy atom. The van der Waals surface area contributed by atoms with E-state index in [4.69, 9.17) is 4.74 Å². The third-order valence-electron chi connectivity index (χ3n) is 13.5. The summed E-state index contributed by atoms with van der Waals surface area (Å²) < 4.78 is 5.47. The highest BCUT2D eigenvalue weighted by Crippen LogP contribution is 2.16. The van der Waals surface area contributed by atoms with Crippen LogP contribution in [0.5, 0.6) is 0 Å². The minimum atomic E-state index is -0.843. The standard InChI is InChI=1S/C62H115NO5/c1-3-5-7-9-11-13-15-32-36-40-44-48-52-56-62(67)68-57-53-49-45-41-37-34-31-29-27-25-23-21-19-17-16-18-20-22-24-26-28-30-33-35-39-43-47-51-55-61(66)63-59(58-64)60(65)54-50-46-42-38-14-12-10-8-6-4-2/h7,9,13,15-17,50,54,59-60,64-65H,3-6,8,10-12,14,18-49,51-53,55-58H2,1-2H3,(H,63,66)/b9-7-,15-13-,17-16-,54-50+. The van der Waals surface area contributed by atoms with Gasteiger partial charge in [-0.3, -0.25) is 9.59 Å². The number of amides is 1. The first-order valence-corrected chi connectivity index (χ1v) is 29.9. The van der Waals surface area contributed by atoms with Crippen molar-refractivity contribution in [2.24, 2.45) is 0 Å². The van der Waals surface area contributed by atoms with E-state index in [1.165, 1.54) is 231 Å². The van der Waals surface area contributed by atoms with E-state index >= 15 is 0 Å². The summed E-state index contributed by atoms with van der Waals surface area (Å²) in [6.07, 6.45) is 73.0. The van der Waals surface area contributed by atoms with Gasteiger partial charge in [-0.15, -0.1) is 0 Å². The van der Waals surface area contributed by atoms with Gasteiger partial charge in [0.25, 0.3) is 0 Å². The van der Waals surface area contributed by atoms with Crippen molar-refractivity contribution in [3.05, 3.63) is 48.6 Å². The molecule has 0 aliphatic heterocycles. The minimum Gasteiger partial charge on any atom is -0.466 e. The number of carbonyl (C=O) groups excluding carboxylic acids is 2. The average molecular weight is 955 g/mol. The molecule has 68 heavy (non-hydrogen) atoms. The van der Waals surface area contributed by atoms with Crippen molar-refractivity contribution in [2.75, 3.05) is 13.2 Å². The van der Waals surface area contributed by atoms with E-state index in [-0.39, 0.29) is 18.5 Å². The minimum absolute atomic E-state index is 0.000551. The van der Waals surface area contributed by atoms with Crippen LogP contribution in [0.3, 0.4) is 0 Å². The second-order valence-corrected chi connectivity index (χ2v) is 20.3. The van der Waals surface area contributed by atoms with Crippen molar-refractivity contribution >= 4 is 11.9 Å². The van der Waals surface area contributed by atoms with Crippen LogP contribution in [0.4, 0.5) is 0 Å². The van der Waals surface area contributed by atoms with Gasteiger partial charge in [0.15, 0.2) is 0 Å². The summed E-state index contributed by atoms with van der Waals surface area (Å²) in [5.41, 5.74) is 0. The number of hydrogen-bond acceptors (Lipinski definition) is 5. The van der Waals surface area contributed by atoms with Crippen molar-refractivity contribution in [1.29, 1.82) is 0 Å². The van der Waals surface area contributed by atoms with Gasteiger partial charge in [-0.25, -0.2) is 0 Å². The largest absolute Gasteiger partial charge is 0.466 e. The molecule has 0 aromatic heterocycles. The lowest BCUT2D eigenvalue weighted by Gasteiger charge is -2.20. The van der Waals surface area contributed by atoms with E-state index in [0.717, 1.165) is 51.4 Å². The van der Waals surface area contributed by atoms with E-state index in [1.807, 2.05) is 6.08 Å². The molecule has 0 bridgehead atoms. The molecule has 0 aliphatic rings. The van der Waals surface area contributed by atoms with Gasteiger partial charge < -0.3 is 20.3 Å². The zero-order chi connectivity index (χ0) is 49.3. The van der Waals surface area contributed by atoms with Gasteiger partial charge in [-0.1, -0.05) is 262 Å². The summed E-state index contributed by atoms with van der Waals surface area (Å²) in [7, 11) is 0. The molecule has 0 radical (unpaired) electrons. The summed E-state index contributed by atoms with van der Waals surface area (Å²) in [6.45, 7) is 4.82. The zero-order valence-electron chi connectivity index (χ0n) is 45.3. The Kier molecular flexibility index (Phi) is 55.6. The lowest BCUT2D eigenvalue weighted by molar-refractivity contribution is -0.143. The fourth-order valence-corrected chi connectivity index (χ4v) is 8.96. The molecule has 0 fully saturated rings. The lowest BCUT2D eigenvalue weighted by atomic mass is 10.0. The van der Waals surface area contributed by atoms with Crippen LogP contribution in [0.1, 0.15) is 309 Å². The Hall–Kier alpha value is -2.18. The number of hydrogen-bond donors (Lipinski definition) is 3. The van der Waals surface area contributed by atoms with E-state index in [1.54, 1.807) is 6.08 Å². The molecule has 2 unspecified atom stereocenters. The molecule has 0 rings (SSSR count). The Bertz CT molecular complexity index is 1150. The van der Waals surface area contributed by atoms with Crippen LogP contribution in [0.15, 0.2) is 48.6 Å². The molecule has 3 N–H and O–H groups in total. The summed E-state index contributed by atoms with van der Waals surface area (Å²) in [5.74, 6) is -0.0706. The molecule has 0 heterocycles. The summed E-state index contributed by atoms with van der Waals surface area (Å²) in [5, 5.41) is 23.0. The Morgan fingerprint density at radius 2 is 0.765 bits per heavy atom. The van der Waals surface area contributed by atoms with Gasteiger partial charge in [0, 0.05) is 12.8 Å². The SMILES string of the molecule is CCC/C=C\C/C=C\CCCCCCCC(=O)OCCCCCCCCCCCCCC/C=C\CCCCCCCCCCCCCCC(=O)NC(CO)C(O)/C=C/CCCCCCCCCC. The highest BCUT2D eigenvalue weighted by Gasteiger charge is 2.18. The van der Waals surface area contributed by atoms with Gasteiger partial charge in [0.05, 0.1) is 25.4 Å². The molecule has 0 saturated heterocycles. The van der Waals surface area contributed by atoms with Crippen LogP contribution in [0.2, 0.25) is 0 Å². The molecule has 6 heteroatoms. The number of aliphatic hydroxyl groups excluding tert-OH is 2. The van der Waals surface area contributed by atoms with Crippen molar-refractivity contribution < 1.29 is 24.5 Å². The highest BCUT2D eigenvalue weighted by atomic mass is 16.5. The maximum atomic E-state index is 12.4. The molecule has 6 nitrogen and oxygen atoms in total. The molecule has 1 amide bonds. The number of rotatable bonds is 55. The first-order valence-electron chi connectivity index (χ1n) is 29.9. The van der Waals surface area contributed by atoms with Crippen molar-refractivity contribution in [3.63, 3.8) is 0 Å². The predicted molar refractivity (Wildman–Crippen MR) is 296 cm³/mol. The normalized spacial score (nSPS) is 12.9. The topological polar surface area (TPSA) is 95.9 Å². The summed E-state index contributed by atoms with van der Waals surface area (Å²) in [4.78, 5) is 24.4. The average Bonchev–Trinajstić information content (AvgIpc) is 3.34. The lowest BCUT2D eigenvalue weighted by Crippen LogP contribution is -2.45. The number of aliphatic hydroxyl groups is 2. The molecule has 0 aliphatic carbocycles. The fraction of sp³-hybridized carbons (Fsp3) is 0.839. The van der Waals surface area contributed by atoms with Gasteiger partial charge >= 0.3 is 5.97 Å². The second-order valence-electron chi connectivity index (χ2n) is 20.3. The molecule has 0 aromatic rings. The number of ether oxygens (including phenoxy) is 1. The van der Waals surface area contributed by atoms with Crippen molar-refractivity contribution in [3.8, 4) is 0 Å². The maximum absolute atomic E-state index is 12.4. The maximum Gasteiger partial charge on any atom is 0.305 e. The molecular weight excluding hydrogens is 839 g/mol. The molecular formula is C62H115NO5. The Morgan fingerprint density at radius 1 is 0.412 bits per heavy atom. The quantitative estimate of drug-likeness (QED) is 0.0321. The first-order chi connectivity index (χ1) is 33.5. The monoisotopic (exact) mass is 954 g/mol. The molecule has 0 aromatic carbocycles. The van der Waals surface area contributed by atoms with E-state index in [2.05, 4.69) is 55.6 Å². The van der Waals surface area contributed by atoms with E-state index < -0.39 is 12.1 Å². The molecule has 2 atom stereocenters. The highest BCUT2D eigenvalue weighted by molar-refractivity contribution is 5.76. The van der Waals surface area contributed by atoms with Crippen LogP contribution in [-0.4, -0.2) is 47.4 Å². The predicted octanol–water partition coefficient (Wildman–Crippen LogP) is 18.6. The van der Waals surface area contributed by atoms with Crippen LogP contribution >= 0.6 is 0 Å². The number of unbranched alkanes of at least 4 members (excludes halogenated alkanes) is 38.